The first-order chi connectivity index (χ1) is 9.33. The number of nitrogens with one attached hydrogen (secondary N) is 1. The number of pyridine rings is 1. The van der Waals surface area contributed by atoms with Crippen molar-refractivity contribution in [2.75, 3.05) is 5.32 Å². The van der Waals surface area contributed by atoms with E-state index in [0.29, 0.717) is 0 Å². The molecule has 1 N–H and O–H groups in total. The van der Waals surface area contributed by atoms with Crippen LogP contribution in [0.25, 0.3) is 11.2 Å². The van der Waals surface area contributed by atoms with Crippen molar-refractivity contribution in [3.8, 4) is 0 Å². The lowest BCUT2D eigenvalue weighted by Crippen LogP contribution is -2.11. The van der Waals surface area contributed by atoms with E-state index in [2.05, 4.69) is 57.2 Å². The van der Waals surface area contributed by atoms with Crippen LogP contribution in [0.4, 0.5) is 5.69 Å². The second kappa shape index (κ2) is 3.82. The topological polar surface area (TPSA) is 42.7 Å². The molecule has 2 aromatic heterocycles. The molecule has 4 nitrogen and oxygen atoms in total. The van der Waals surface area contributed by atoms with Crippen LogP contribution in [0, 0.1) is 0 Å². The van der Waals surface area contributed by atoms with Crippen LogP contribution in [0.15, 0.2) is 42.6 Å². The highest BCUT2D eigenvalue weighted by Gasteiger charge is 2.25. The molecule has 0 saturated heterocycles. The van der Waals surface area contributed by atoms with Gasteiger partial charge in [0.25, 0.3) is 0 Å². The first-order valence-electron chi connectivity index (χ1n) is 6.45. The van der Waals surface area contributed by atoms with Crippen LogP contribution in [0.3, 0.4) is 0 Å². The van der Waals surface area contributed by atoms with Crippen molar-refractivity contribution in [2.45, 2.75) is 12.5 Å². The molecule has 0 aliphatic carbocycles. The fraction of sp³-hybridized carbons (Fsp3) is 0.200. The summed E-state index contributed by atoms with van der Waals surface area (Å²) in [5.41, 5.74) is 4.47. The number of anilines is 1. The Hall–Kier alpha value is -2.36. The lowest BCUT2D eigenvalue weighted by molar-refractivity contribution is 0.703. The van der Waals surface area contributed by atoms with Gasteiger partial charge in [0.05, 0.1) is 11.6 Å². The standard InChI is InChI=1S/C15H14N4/c1-19-13-7-4-8-16-14(13)18-15(19)12-9-10-5-2-3-6-11(10)17-12/h2-8,12,17H,9H2,1H3. The summed E-state index contributed by atoms with van der Waals surface area (Å²) in [6.07, 6.45) is 2.77. The Morgan fingerprint density at radius 2 is 2.11 bits per heavy atom. The normalized spacial score (nSPS) is 17.4. The van der Waals surface area contributed by atoms with Gasteiger partial charge in [0.15, 0.2) is 5.65 Å². The van der Waals surface area contributed by atoms with Gasteiger partial charge in [0.2, 0.25) is 0 Å². The van der Waals surface area contributed by atoms with Gasteiger partial charge in [-0.1, -0.05) is 18.2 Å². The van der Waals surface area contributed by atoms with E-state index in [1.807, 2.05) is 6.07 Å². The lowest BCUT2D eigenvalue weighted by atomic mass is 10.1. The monoisotopic (exact) mass is 250 g/mol. The Bertz CT molecular complexity index is 735. The van der Waals surface area contributed by atoms with Crippen molar-refractivity contribution in [3.63, 3.8) is 0 Å². The fourth-order valence-electron chi connectivity index (χ4n) is 2.81. The van der Waals surface area contributed by atoms with Gasteiger partial charge >= 0.3 is 0 Å². The average Bonchev–Trinajstić information content (AvgIpc) is 3.00. The predicted molar refractivity (Wildman–Crippen MR) is 75.0 cm³/mol. The highest BCUT2D eigenvalue weighted by Crippen LogP contribution is 2.33. The van der Waals surface area contributed by atoms with Crippen LogP contribution in [0.2, 0.25) is 0 Å². The Kier molecular flexibility index (Phi) is 2.12. The molecular formula is C15H14N4. The number of para-hydroxylation sites is 1. The molecule has 3 heterocycles. The molecule has 0 bridgehead atoms. The van der Waals surface area contributed by atoms with Gasteiger partial charge < -0.3 is 9.88 Å². The molecule has 1 aromatic carbocycles. The largest absolute Gasteiger partial charge is 0.375 e. The van der Waals surface area contributed by atoms with Crippen molar-refractivity contribution in [3.05, 3.63) is 54.0 Å². The molecule has 0 saturated carbocycles. The summed E-state index contributed by atoms with van der Waals surface area (Å²) >= 11 is 0. The molecule has 1 atom stereocenters. The number of hydrogen-bond donors (Lipinski definition) is 1. The number of imidazole rings is 1. The molecule has 19 heavy (non-hydrogen) atoms. The maximum absolute atomic E-state index is 4.67. The third-order valence-corrected chi connectivity index (χ3v) is 3.77. The second-order valence-corrected chi connectivity index (χ2v) is 4.93. The number of benzene rings is 1. The third kappa shape index (κ3) is 1.53. The van der Waals surface area contributed by atoms with E-state index < -0.39 is 0 Å². The first kappa shape index (κ1) is 10.6. The zero-order valence-electron chi connectivity index (χ0n) is 10.7. The lowest BCUT2D eigenvalue weighted by Gasteiger charge is -2.10. The maximum Gasteiger partial charge on any atom is 0.177 e. The molecule has 0 spiro atoms. The van der Waals surface area contributed by atoms with Crippen LogP contribution < -0.4 is 5.32 Å². The minimum Gasteiger partial charge on any atom is -0.375 e. The van der Waals surface area contributed by atoms with Gasteiger partial charge in [0.1, 0.15) is 5.82 Å². The Labute approximate surface area is 111 Å². The SMILES string of the molecule is Cn1c(C2Cc3ccccc3N2)nc2ncccc21. The van der Waals surface area contributed by atoms with Crippen molar-refractivity contribution in [2.24, 2.45) is 7.05 Å². The molecule has 1 aliphatic rings. The molecule has 0 amide bonds. The van der Waals surface area contributed by atoms with Crippen LogP contribution >= 0.6 is 0 Å². The predicted octanol–water partition coefficient (Wildman–Crippen LogP) is 2.68. The number of aryl methyl sites for hydroxylation is 1. The van der Waals surface area contributed by atoms with Gasteiger partial charge in [0, 0.05) is 25.4 Å². The quantitative estimate of drug-likeness (QED) is 0.722. The summed E-state index contributed by atoms with van der Waals surface area (Å²) in [4.78, 5) is 8.99. The van der Waals surface area contributed by atoms with Crippen LogP contribution in [0.1, 0.15) is 17.4 Å². The van der Waals surface area contributed by atoms with E-state index in [9.17, 15) is 0 Å². The molecule has 4 heteroatoms. The summed E-state index contributed by atoms with van der Waals surface area (Å²) in [5, 5.41) is 3.54. The van der Waals surface area contributed by atoms with Crippen LogP contribution in [-0.2, 0) is 13.5 Å². The average molecular weight is 250 g/mol. The van der Waals surface area contributed by atoms with Gasteiger partial charge in [-0.3, -0.25) is 0 Å². The number of hydrogen-bond acceptors (Lipinski definition) is 3. The van der Waals surface area contributed by atoms with E-state index in [1.165, 1.54) is 11.3 Å². The van der Waals surface area contributed by atoms with Gasteiger partial charge in [-0.2, -0.15) is 0 Å². The molecule has 4 rings (SSSR count). The van der Waals surface area contributed by atoms with Gasteiger partial charge in [-0.15, -0.1) is 0 Å². The summed E-state index contributed by atoms with van der Waals surface area (Å²) in [6.45, 7) is 0. The van der Waals surface area contributed by atoms with E-state index in [1.54, 1.807) is 6.20 Å². The Morgan fingerprint density at radius 1 is 1.21 bits per heavy atom. The minimum atomic E-state index is 0.233. The highest BCUT2D eigenvalue weighted by atomic mass is 15.1. The molecule has 0 radical (unpaired) electrons. The summed E-state index contributed by atoms with van der Waals surface area (Å²) in [7, 11) is 2.05. The van der Waals surface area contributed by atoms with Crippen molar-refractivity contribution in [1.82, 2.24) is 14.5 Å². The van der Waals surface area contributed by atoms with E-state index >= 15 is 0 Å². The van der Waals surface area contributed by atoms with Crippen LogP contribution in [-0.4, -0.2) is 14.5 Å². The molecular weight excluding hydrogens is 236 g/mol. The van der Waals surface area contributed by atoms with E-state index in [4.69, 9.17) is 0 Å². The molecule has 1 aliphatic heterocycles. The molecule has 94 valence electrons. The summed E-state index contributed by atoms with van der Waals surface area (Å²) in [5.74, 6) is 1.05. The van der Waals surface area contributed by atoms with E-state index in [-0.39, 0.29) is 6.04 Å². The Morgan fingerprint density at radius 3 is 2.95 bits per heavy atom. The zero-order valence-corrected chi connectivity index (χ0v) is 10.7. The summed E-state index contributed by atoms with van der Waals surface area (Å²) in [6, 6.07) is 12.7. The maximum atomic E-state index is 4.67. The smallest absolute Gasteiger partial charge is 0.177 e. The van der Waals surface area contributed by atoms with Crippen molar-refractivity contribution in [1.29, 1.82) is 0 Å². The fourth-order valence-corrected chi connectivity index (χ4v) is 2.81. The van der Waals surface area contributed by atoms with Crippen molar-refractivity contribution < 1.29 is 0 Å². The molecule has 0 fully saturated rings. The van der Waals surface area contributed by atoms with Gasteiger partial charge in [-0.25, -0.2) is 9.97 Å². The highest BCUT2D eigenvalue weighted by molar-refractivity contribution is 5.71. The van der Waals surface area contributed by atoms with Crippen LogP contribution in [0.5, 0.6) is 0 Å². The Balaban J connectivity index is 1.79. The molecule has 3 aromatic rings. The first-order valence-corrected chi connectivity index (χ1v) is 6.45. The number of nitrogens with zero attached hydrogens (tertiary/aromatic N) is 3. The van der Waals surface area contributed by atoms with Gasteiger partial charge in [-0.05, 0) is 23.8 Å². The number of aromatic nitrogens is 3. The van der Waals surface area contributed by atoms with E-state index in [0.717, 1.165) is 23.4 Å². The van der Waals surface area contributed by atoms with Crippen molar-refractivity contribution >= 4 is 16.9 Å². The third-order valence-electron chi connectivity index (χ3n) is 3.77. The summed E-state index contributed by atoms with van der Waals surface area (Å²) < 4.78 is 2.13. The number of fused-ring (bicyclic) bond motifs is 2. The minimum absolute atomic E-state index is 0.233. The zero-order chi connectivity index (χ0) is 12.8. The number of rotatable bonds is 1. The second-order valence-electron chi connectivity index (χ2n) is 4.93. The molecule has 1 unspecified atom stereocenters.